The number of oxazole rings is 1. The van der Waals surface area contributed by atoms with Crippen LogP contribution in [0.2, 0.25) is 0 Å². The number of rotatable bonds is 9. The number of anilines is 1. The van der Waals surface area contributed by atoms with Crippen LogP contribution in [0.1, 0.15) is 100 Å². The second-order valence-electron chi connectivity index (χ2n) is 14.9. The van der Waals surface area contributed by atoms with Crippen LogP contribution in [0.5, 0.6) is 5.75 Å². The topological polar surface area (TPSA) is 131 Å². The van der Waals surface area contributed by atoms with Crippen LogP contribution in [0, 0.1) is 24.7 Å². The Hall–Kier alpha value is -3.99. The van der Waals surface area contributed by atoms with Crippen molar-refractivity contribution in [2.75, 3.05) is 38.3 Å². The monoisotopic (exact) mass is 671 g/mol. The van der Waals surface area contributed by atoms with E-state index in [9.17, 15) is 14.7 Å². The molecule has 4 heterocycles. The van der Waals surface area contributed by atoms with Crippen LogP contribution in [0.25, 0.3) is 11.3 Å². The Labute approximate surface area is 288 Å². The van der Waals surface area contributed by atoms with Crippen molar-refractivity contribution in [3.05, 3.63) is 54.0 Å². The highest BCUT2D eigenvalue weighted by Gasteiger charge is 2.44. The molecule has 0 spiro atoms. The maximum absolute atomic E-state index is 14.5. The lowest BCUT2D eigenvalue weighted by Gasteiger charge is -2.46. The third-order valence-electron chi connectivity index (χ3n) is 11.5. The second-order valence-corrected chi connectivity index (χ2v) is 14.9. The predicted molar refractivity (Wildman–Crippen MR) is 184 cm³/mol. The molecule has 1 N–H and O–H groups in total. The maximum Gasteiger partial charge on any atom is 0.407 e. The maximum atomic E-state index is 14.5. The number of aromatic nitrogens is 3. The van der Waals surface area contributed by atoms with Crippen LogP contribution in [0.3, 0.4) is 0 Å². The van der Waals surface area contributed by atoms with E-state index in [1.807, 2.05) is 36.9 Å². The molecule has 1 atom stereocenters. The number of carboxylic acid groups (broad SMARTS) is 1. The number of methoxy groups -OCH3 is 1. The van der Waals surface area contributed by atoms with Crippen LogP contribution in [0.15, 0.2) is 41.1 Å². The minimum absolute atomic E-state index is 0.123. The smallest absolute Gasteiger partial charge is 0.407 e. The quantitative estimate of drug-likeness (QED) is 0.251. The fourth-order valence-electron chi connectivity index (χ4n) is 8.34. The number of ether oxygens (including phenoxy) is 2. The van der Waals surface area contributed by atoms with Crippen molar-refractivity contribution in [3.63, 3.8) is 0 Å². The molecule has 11 nitrogen and oxygen atoms in total. The van der Waals surface area contributed by atoms with E-state index in [-0.39, 0.29) is 17.7 Å². The van der Waals surface area contributed by atoms with Crippen molar-refractivity contribution >= 4 is 17.8 Å². The minimum Gasteiger partial charge on any atom is -0.495 e. The first-order chi connectivity index (χ1) is 23.7. The number of aryl methyl sites for hydroxylation is 1. The molecule has 4 aliphatic rings. The summed E-state index contributed by atoms with van der Waals surface area (Å²) in [4.78, 5) is 44.0. The van der Waals surface area contributed by atoms with Gasteiger partial charge in [-0.3, -0.25) is 14.7 Å². The number of amides is 2. The summed E-state index contributed by atoms with van der Waals surface area (Å²) in [5.41, 5.74) is 3.18. The first kappa shape index (κ1) is 33.5. The lowest BCUT2D eigenvalue weighted by molar-refractivity contribution is -0.137. The SMILES string of the molecule is COc1ccc([C@H]2CC[C@H](CN(c3cc(-c4coc(C5CC5)n4)ccn3)C(=O)[C@H]3CC[C@H](C4(C)CN(C(=O)O)CCO4)CC3)CC2)nc1C. The number of morpholine rings is 1. The van der Waals surface area contributed by atoms with Gasteiger partial charge < -0.3 is 23.9 Å². The van der Waals surface area contributed by atoms with E-state index in [0.29, 0.717) is 49.8 Å². The summed E-state index contributed by atoms with van der Waals surface area (Å²) in [6, 6.07) is 8.04. The zero-order valence-corrected chi connectivity index (χ0v) is 29.0. The Morgan fingerprint density at radius 3 is 2.47 bits per heavy atom. The van der Waals surface area contributed by atoms with Crippen molar-refractivity contribution in [2.45, 2.75) is 95.5 Å². The average Bonchev–Trinajstić information content (AvgIpc) is 3.86. The highest BCUT2D eigenvalue weighted by atomic mass is 16.5. The molecular formula is C38H49N5O6. The zero-order valence-electron chi connectivity index (χ0n) is 29.0. The summed E-state index contributed by atoms with van der Waals surface area (Å²) in [7, 11) is 1.68. The molecule has 3 aromatic heterocycles. The fourth-order valence-corrected chi connectivity index (χ4v) is 8.34. The van der Waals surface area contributed by atoms with Crippen molar-refractivity contribution in [3.8, 4) is 17.0 Å². The number of hydrogen-bond acceptors (Lipinski definition) is 8. The third-order valence-corrected chi connectivity index (χ3v) is 11.5. The molecule has 0 radical (unpaired) electrons. The summed E-state index contributed by atoms with van der Waals surface area (Å²) in [5, 5.41) is 9.61. The summed E-state index contributed by atoms with van der Waals surface area (Å²) < 4.78 is 17.4. The second kappa shape index (κ2) is 14.1. The predicted octanol–water partition coefficient (Wildman–Crippen LogP) is 7.21. The molecule has 11 heteroatoms. The summed E-state index contributed by atoms with van der Waals surface area (Å²) in [5.74, 6) is 3.64. The van der Waals surface area contributed by atoms with Crippen LogP contribution < -0.4 is 9.64 Å². The van der Waals surface area contributed by atoms with Crippen LogP contribution in [-0.4, -0.2) is 75.9 Å². The molecule has 1 aliphatic heterocycles. The van der Waals surface area contributed by atoms with E-state index in [0.717, 1.165) is 98.5 Å². The fraction of sp³-hybridized carbons (Fsp3) is 0.605. The van der Waals surface area contributed by atoms with E-state index in [4.69, 9.17) is 28.8 Å². The van der Waals surface area contributed by atoms with E-state index in [1.165, 1.54) is 4.90 Å². The molecule has 3 aliphatic carbocycles. The van der Waals surface area contributed by atoms with E-state index >= 15 is 0 Å². The lowest BCUT2D eigenvalue weighted by atomic mass is 9.73. The first-order valence-electron chi connectivity index (χ1n) is 18.1. The van der Waals surface area contributed by atoms with Gasteiger partial charge in [0.15, 0.2) is 5.89 Å². The third kappa shape index (κ3) is 7.32. The summed E-state index contributed by atoms with van der Waals surface area (Å²) >= 11 is 0. The van der Waals surface area contributed by atoms with Gasteiger partial charge in [-0.25, -0.2) is 14.8 Å². The molecule has 0 aromatic carbocycles. The molecule has 1 unspecified atom stereocenters. The van der Waals surface area contributed by atoms with Gasteiger partial charge in [0, 0.05) is 48.3 Å². The largest absolute Gasteiger partial charge is 0.495 e. The molecular weight excluding hydrogens is 622 g/mol. The molecule has 49 heavy (non-hydrogen) atoms. The summed E-state index contributed by atoms with van der Waals surface area (Å²) in [6.45, 7) is 5.82. The highest BCUT2D eigenvalue weighted by Crippen LogP contribution is 2.43. The number of hydrogen-bond donors (Lipinski definition) is 1. The van der Waals surface area contributed by atoms with E-state index < -0.39 is 11.7 Å². The van der Waals surface area contributed by atoms with E-state index in [2.05, 4.69) is 6.07 Å². The van der Waals surface area contributed by atoms with Gasteiger partial charge in [0.1, 0.15) is 23.5 Å². The molecule has 262 valence electrons. The molecule has 4 fully saturated rings. The number of carbonyl (C=O) groups excluding carboxylic acids is 1. The molecule has 2 amide bonds. The molecule has 7 rings (SSSR count). The minimum atomic E-state index is -0.900. The van der Waals surface area contributed by atoms with Gasteiger partial charge in [-0.1, -0.05) is 0 Å². The van der Waals surface area contributed by atoms with Crippen molar-refractivity contribution in [2.24, 2.45) is 17.8 Å². The Balaban J connectivity index is 1.06. The Bertz CT molecular complexity index is 1640. The van der Waals surface area contributed by atoms with Gasteiger partial charge in [0.2, 0.25) is 5.91 Å². The van der Waals surface area contributed by atoms with Crippen LogP contribution >= 0.6 is 0 Å². The first-order valence-corrected chi connectivity index (χ1v) is 18.1. The summed E-state index contributed by atoms with van der Waals surface area (Å²) in [6.07, 6.45) is 12.0. The molecule has 1 saturated heterocycles. The normalized spacial score (nSPS) is 27.4. The Morgan fingerprint density at radius 1 is 1.02 bits per heavy atom. The van der Waals surface area contributed by atoms with Gasteiger partial charge >= 0.3 is 6.09 Å². The van der Waals surface area contributed by atoms with Crippen molar-refractivity contribution in [1.82, 2.24) is 19.9 Å². The standard InChI is InChI=1S/C38H49N5O6/c1-24-33(47-3)15-14-31(40-24)26-6-4-25(5-7-26)21-43(34-20-29(16-17-39-34)32-22-48-35(41-32)27-8-9-27)36(44)28-10-12-30(13-11-28)38(2)23-42(37(45)46)18-19-49-38/h14-17,20,22,25-28,30H,4-13,18-19,21,23H2,1-3H3,(H,45,46)/t25-,26-,28-,30-,38?. The molecule has 3 aromatic rings. The van der Waals surface area contributed by atoms with Crippen molar-refractivity contribution in [1.29, 1.82) is 0 Å². The zero-order chi connectivity index (χ0) is 34.1. The average molecular weight is 672 g/mol. The Morgan fingerprint density at radius 2 is 1.78 bits per heavy atom. The lowest BCUT2D eigenvalue weighted by Crippen LogP contribution is -2.56. The van der Waals surface area contributed by atoms with Crippen LogP contribution in [-0.2, 0) is 9.53 Å². The number of pyridine rings is 2. The van der Waals surface area contributed by atoms with Gasteiger partial charge in [0.25, 0.3) is 0 Å². The van der Waals surface area contributed by atoms with Crippen LogP contribution in [0.4, 0.5) is 10.6 Å². The van der Waals surface area contributed by atoms with Gasteiger partial charge in [-0.15, -0.1) is 0 Å². The number of carbonyl (C=O) groups is 2. The Kier molecular flexibility index (Phi) is 9.64. The van der Waals surface area contributed by atoms with Gasteiger partial charge in [-0.2, -0.15) is 0 Å². The van der Waals surface area contributed by atoms with Crippen molar-refractivity contribution < 1.29 is 28.6 Å². The molecule has 0 bridgehead atoms. The molecule has 3 saturated carbocycles. The highest BCUT2D eigenvalue weighted by molar-refractivity contribution is 5.94. The number of nitrogens with zero attached hydrogens (tertiary/aromatic N) is 5. The van der Waals surface area contributed by atoms with Gasteiger partial charge in [-0.05, 0) is 114 Å². The van der Waals surface area contributed by atoms with Gasteiger partial charge in [0.05, 0.1) is 31.6 Å². The van der Waals surface area contributed by atoms with E-state index in [1.54, 1.807) is 19.6 Å².